The van der Waals surface area contributed by atoms with Crippen molar-refractivity contribution in [3.8, 4) is 11.5 Å². The highest BCUT2D eigenvalue weighted by Gasteiger charge is 2.17. The van der Waals surface area contributed by atoms with Crippen molar-refractivity contribution in [2.75, 3.05) is 25.7 Å². The van der Waals surface area contributed by atoms with Crippen LogP contribution in [0.1, 0.15) is 15.9 Å². The van der Waals surface area contributed by atoms with E-state index < -0.39 is 0 Å². The summed E-state index contributed by atoms with van der Waals surface area (Å²) in [4.78, 5) is 19.1. The largest absolute Gasteiger partial charge is 0.493 e. The smallest absolute Gasteiger partial charge is 0.182 e. The van der Waals surface area contributed by atoms with Gasteiger partial charge in [0.1, 0.15) is 11.6 Å². The zero-order valence-corrected chi connectivity index (χ0v) is 15.8. The topological polar surface area (TPSA) is 51.7 Å². The number of carbonyl (C=O) groups is 1. The molecule has 0 radical (unpaired) electrons. The molecule has 2 aromatic carbocycles. The van der Waals surface area contributed by atoms with Gasteiger partial charge in [0.2, 0.25) is 0 Å². The molecule has 0 spiro atoms. The van der Waals surface area contributed by atoms with Crippen molar-refractivity contribution in [3.05, 3.63) is 83.8 Å². The number of ether oxygens (including phenoxy) is 2. The fourth-order valence-corrected chi connectivity index (χ4v) is 2.84. The third-order valence-electron chi connectivity index (χ3n) is 4.30. The summed E-state index contributed by atoms with van der Waals surface area (Å²) in [6.07, 6.45) is 1.67. The van der Waals surface area contributed by atoms with Crippen LogP contribution in [0, 0.1) is 5.82 Å². The number of nitrogens with zero attached hydrogens (tertiary/aromatic N) is 2. The van der Waals surface area contributed by atoms with E-state index in [1.54, 1.807) is 43.6 Å². The standard InChI is InChI=1S/C22H21FN2O3/c1-27-20-11-8-17(13-21(20)28-2)19(26)15-25(22-5-3-4-12-24-22)14-16-6-9-18(23)10-7-16/h3-13H,14-15H2,1-2H3. The number of carbonyl (C=O) groups excluding carboxylic acids is 1. The summed E-state index contributed by atoms with van der Waals surface area (Å²) < 4.78 is 23.7. The number of halogens is 1. The first-order valence-electron chi connectivity index (χ1n) is 8.76. The molecule has 3 aromatic rings. The van der Waals surface area contributed by atoms with Crippen LogP contribution in [-0.4, -0.2) is 31.5 Å². The van der Waals surface area contributed by atoms with Crippen molar-refractivity contribution in [1.82, 2.24) is 4.98 Å². The molecule has 0 aliphatic rings. The molecule has 0 aliphatic heterocycles. The van der Waals surface area contributed by atoms with E-state index in [2.05, 4.69) is 4.98 Å². The van der Waals surface area contributed by atoms with Crippen molar-refractivity contribution in [1.29, 1.82) is 0 Å². The second kappa shape index (κ2) is 8.99. The van der Waals surface area contributed by atoms with Crippen molar-refractivity contribution in [3.63, 3.8) is 0 Å². The molecule has 0 unspecified atom stereocenters. The lowest BCUT2D eigenvalue weighted by atomic mass is 10.1. The molecular formula is C22H21FN2O3. The van der Waals surface area contributed by atoms with Gasteiger partial charge in [-0.05, 0) is 48.0 Å². The van der Waals surface area contributed by atoms with Gasteiger partial charge in [-0.1, -0.05) is 18.2 Å². The predicted octanol–water partition coefficient (Wildman–Crippen LogP) is 4.13. The van der Waals surface area contributed by atoms with E-state index in [4.69, 9.17) is 9.47 Å². The van der Waals surface area contributed by atoms with E-state index >= 15 is 0 Å². The highest BCUT2D eigenvalue weighted by Crippen LogP contribution is 2.28. The van der Waals surface area contributed by atoms with Crippen molar-refractivity contribution in [2.24, 2.45) is 0 Å². The number of rotatable bonds is 8. The first kappa shape index (κ1) is 19.4. The van der Waals surface area contributed by atoms with Gasteiger partial charge in [-0.2, -0.15) is 0 Å². The summed E-state index contributed by atoms with van der Waals surface area (Å²) in [5, 5.41) is 0. The molecular weight excluding hydrogens is 359 g/mol. The predicted molar refractivity (Wildman–Crippen MR) is 106 cm³/mol. The number of pyridine rings is 1. The first-order valence-corrected chi connectivity index (χ1v) is 8.76. The maximum Gasteiger partial charge on any atom is 0.182 e. The van der Waals surface area contributed by atoms with Gasteiger partial charge in [0.25, 0.3) is 0 Å². The van der Waals surface area contributed by atoms with E-state index in [1.165, 1.54) is 19.2 Å². The third-order valence-corrected chi connectivity index (χ3v) is 4.30. The third kappa shape index (κ3) is 4.65. The summed E-state index contributed by atoms with van der Waals surface area (Å²) in [7, 11) is 3.08. The maximum absolute atomic E-state index is 13.2. The number of hydrogen-bond donors (Lipinski definition) is 0. The van der Waals surface area contributed by atoms with Gasteiger partial charge < -0.3 is 14.4 Å². The quantitative estimate of drug-likeness (QED) is 0.550. The molecule has 0 aliphatic carbocycles. The first-order chi connectivity index (χ1) is 13.6. The lowest BCUT2D eigenvalue weighted by Crippen LogP contribution is -2.30. The Bertz CT molecular complexity index is 930. The minimum Gasteiger partial charge on any atom is -0.493 e. The lowest BCUT2D eigenvalue weighted by molar-refractivity contribution is 0.0998. The summed E-state index contributed by atoms with van der Waals surface area (Å²) >= 11 is 0. The Balaban J connectivity index is 1.84. The molecule has 28 heavy (non-hydrogen) atoms. The Hall–Kier alpha value is -3.41. The SMILES string of the molecule is COc1ccc(C(=O)CN(Cc2ccc(F)cc2)c2ccccn2)cc1OC. The molecule has 0 amide bonds. The Morgan fingerprint density at radius 1 is 1.00 bits per heavy atom. The average molecular weight is 380 g/mol. The van der Waals surface area contributed by atoms with Crippen LogP contribution in [0.15, 0.2) is 66.9 Å². The number of ketones is 1. The van der Waals surface area contributed by atoms with Crippen LogP contribution in [-0.2, 0) is 6.54 Å². The van der Waals surface area contributed by atoms with Gasteiger partial charge >= 0.3 is 0 Å². The number of hydrogen-bond acceptors (Lipinski definition) is 5. The van der Waals surface area contributed by atoms with Gasteiger partial charge in [-0.3, -0.25) is 4.79 Å². The van der Waals surface area contributed by atoms with Crippen LogP contribution >= 0.6 is 0 Å². The lowest BCUT2D eigenvalue weighted by Gasteiger charge is -2.23. The fraction of sp³-hybridized carbons (Fsp3) is 0.182. The molecule has 1 heterocycles. The van der Waals surface area contributed by atoms with Crippen LogP contribution in [0.25, 0.3) is 0 Å². The highest BCUT2D eigenvalue weighted by atomic mass is 19.1. The average Bonchev–Trinajstić information content (AvgIpc) is 2.74. The normalized spacial score (nSPS) is 10.4. The summed E-state index contributed by atoms with van der Waals surface area (Å²) in [6.45, 7) is 0.542. The zero-order chi connectivity index (χ0) is 19.9. The summed E-state index contributed by atoms with van der Waals surface area (Å²) in [5.74, 6) is 1.34. The van der Waals surface area contributed by atoms with Crippen LogP contribution in [0.5, 0.6) is 11.5 Å². The monoisotopic (exact) mass is 380 g/mol. The molecule has 3 rings (SSSR count). The van der Waals surface area contributed by atoms with Gasteiger partial charge in [0.15, 0.2) is 17.3 Å². The Morgan fingerprint density at radius 3 is 2.39 bits per heavy atom. The molecule has 5 nitrogen and oxygen atoms in total. The Kier molecular flexibility index (Phi) is 6.22. The molecule has 0 bridgehead atoms. The van der Waals surface area contributed by atoms with Gasteiger partial charge in [0, 0.05) is 18.3 Å². The molecule has 0 atom stereocenters. The van der Waals surface area contributed by atoms with E-state index in [9.17, 15) is 9.18 Å². The number of anilines is 1. The minimum absolute atomic E-state index is 0.0892. The number of methoxy groups -OCH3 is 2. The summed E-state index contributed by atoms with van der Waals surface area (Å²) in [6, 6.07) is 16.8. The van der Waals surface area contributed by atoms with Crippen LogP contribution in [0.3, 0.4) is 0 Å². The van der Waals surface area contributed by atoms with Crippen molar-refractivity contribution < 1.29 is 18.7 Å². The molecule has 0 saturated heterocycles. The van der Waals surface area contributed by atoms with Gasteiger partial charge in [-0.15, -0.1) is 0 Å². The molecule has 1 aromatic heterocycles. The molecule has 6 heteroatoms. The summed E-state index contributed by atoms with van der Waals surface area (Å²) in [5.41, 5.74) is 1.39. The van der Waals surface area contributed by atoms with Crippen LogP contribution in [0.4, 0.5) is 10.2 Å². The molecule has 0 fully saturated rings. The van der Waals surface area contributed by atoms with E-state index in [1.807, 2.05) is 23.1 Å². The van der Waals surface area contributed by atoms with E-state index in [0.717, 1.165) is 5.56 Å². The van der Waals surface area contributed by atoms with Crippen molar-refractivity contribution >= 4 is 11.6 Å². The molecule has 0 N–H and O–H groups in total. The van der Waals surface area contributed by atoms with Crippen LogP contribution in [0.2, 0.25) is 0 Å². The van der Waals surface area contributed by atoms with Gasteiger partial charge in [-0.25, -0.2) is 9.37 Å². The second-order valence-corrected chi connectivity index (χ2v) is 6.16. The van der Waals surface area contributed by atoms with Crippen LogP contribution < -0.4 is 14.4 Å². The molecule has 144 valence electrons. The second-order valence-electron chi connectivity index (χ2n) is 6.16. The van der Waals surface area contributed by atoms with E-state index in [-0.39, 0.29) is 18.1 Å². The highest BCUT2D eigenvalue weighted by molar-refractivity contribution is 5.99. The number of Topliss-reactive ketones (excluding diaryl/α,β-unsaturated/α-hetero) is 1. The minimum atomic E-state index is -0.297. The fourth-order valence-electron chi connectivity index (χ4n) is 2.84. The number of aromatic nitrogens is 1. The maximum atomic E-state index is 13.2. The zero-order valence-electron chi connectivity index (χ0n) is 15.8. The Labute approximate surface area is 163 Å². The Morgan fingerprint density at radius 2 is 1.75 bits per heavy atom. The van der Waals surface area contributed by atoms with Crippen molar-refractivity contribution in [2.45, 2.75) is 6.54 Å². The number of benzene rings is 2. The molecule has 0 saturated carbocycles. The van der Waals surface area contributed by atoms with Gasteiger partial charge in [0.05, 0.1) is 20.8 Å². The van der Waals surface area contributed by atoms with E-state index in [0.29, 0.717) is 29.4 Å².